The SMILES string of the molecule is O=P1(O[C@H]2[C@H](OC3CCCCC3)O[C@H](COCc3ccccc3)[C@@H](OCc3ccccc3)[C@@H]2OCc2ccccc2)CCC1. The van der Waals surface area contributed by atoms with Crippen molar-refractivity contribution in [3.63, 3.8) is 0 Å². The molecule has 2 aliphatic heterocycles. The molecular formula is C36H45O7P. The van der Waals surface area contributed by atoms with Crippen LogP contribution in [0.1, 0.15) is 55.2 Å². The van der Waals surface area contributed by atoms with Gasteiger partial charge >= 0.3 is 0 Å². The number of rotatable bonds is 14. The zero-order chi connectivity index (χ0) is 30.0. The van der Waals surface area contributed by atoms with E-state index in [-0.39, 0.29) is 12.7 Å². The molecule has 5 atom stereocenters. The molecule has 0 spiro atoms. The van der Waals surface area contributed by atoms with Gasteiger partial charge in [-0.25, -0.2) is 0 Å². The van der Waals surface area contributed by atoms with Gasteiger partial charge in [0.05, 0.1) is 32.5 Å². The van der Waals surface area contributed by atoms with Gasteiger partial charge in [0, 0.05) is 12.3 Å². The van der Waals surface area contributed by atoms with Gasteiger partial charge in [-0.05, 0) is 36.0 Å². The normalized spacial score (nSPS) is 27.0. The lowest BCUT2D eigenvalue weighted by atomic mass is 9.96. The lowest BCUT2D eigenvalue weighted by Gasteiger charge is -2.48. The summed E-state index contributed by atoms with van der Waals surface area (Å²) in [4.78, 5) is 0. The van der Waals surface area contributed by atoms with Crippen LogP contribution in [0.15, 0.2) is 91.0 Å². The topological polar surface area (TPSA) is 72.5 Å². The Morgan fingerprint density at radius 1 is 0.636 bits per heavy atom. The average molecular weight is 621 g/mol. The van der Waals surface area contributed by atoms with Gasteiger partial charge < -0.3 is 28.2 Å². The zero-order valence-electron chi connectivity index (χ0n) is 25.4. The van der Waals surface area contributed by atoms with Gasteiger partial charge in [0.1, 0.15) is 24.4 Å². The minimum atomic E-state index is -2.80. The molecule has 0 bridgehead atoms. The minimum absolute atomic E-state index is 0.0598. The van der Waals surface area contributed by atoms with Crippen LogP contribution in [-0.2, 0) is 52.6 Å². The van der Waals surface area contributed by atoms with E-state index in [0.717, 1.165) is 48.8 Å². The largest absolute Gasteiger partial charge is 0.374 e. The molecule has 7 nitrogen and oxygen atoms in total. The highest BCUT2D eigenvalue weighted by Gasteiger charge is 2.52. The first kappa shape index (κ1) is 31.6. The predicted molar refractivity (Wildman–Crippen MR) is 170 cm³/mol. The highest BCUT2D eigenvalue weighted by atomic mass is 31.2. The summed E-state index contributed by atoms with van der Waals surface area (Å²) in [6, 6.07) is 30.3. The first-order valence-electron chi connectivity index (χ1n) is 16.2. The van der Waals surface area contributed by atoms with Gasteiger partial charge in [-0.1, -0.05) is 110 Å². The summed E-state index contributed by atoms with van der Waals surface area (Å²) in [5.74, 6) is 0. The van der Waals surface area contributed by atoms with Crippen LogP contribution >= 0.6 is 7.37 Å². The Morgan fingerprint density at radius 2 is 1.18 bits per heavy atom. The highest BCUT2D eigenvalue weighted by Crippen LogP contribution is 2.58. The van der Waals surface area contributed by atoms with Crippen molar-refractivity contribution in [1.82, 2.24) is 0 Å². The smallest absolute Gasteiger partial charge is 0.203 e. The maximum absolute atomic E-state index is 13.6. The Kier molecular flexibility index (Phi) is 11.3. The Bertz CT molecular complexity index is 1290. The molecule has 0 radical (unpaired) electrons. The van der Waals surface area contributed by atoms with Crippen molar-refractivity contribution in [2.24, 2.45) is 0 Å². The van der Waals surface area contributed by atoms with E-state index in [1.807, 2.05) is 91.0 Å². The monoisotopic (exact) mass is 620 g/mol. The third-order valence-electron chi connectivity index (χ3n) is 8.75. The summed E-state index contributed by atoms with van der Waals surface area (Å²) in [5, 5.41) is 0. The molecule has 8 heteroatoms. The molecule has 6 rings (SSSR count). The molecule has 3 aliphatic rings. The zero-order valence-corrected chi connectivity index (χ0v) is 26.3. The Hall–Kier alpha value is -2.35. The van der Waals surface area contributed by atoms with E-state index in [9.17, 15) is 4.57 Å². The Balaban J connectivity index is 1.29. The third-order valence-corrected chi connectivity index (χ3v) is 11.4. The molecule has 0 unspecified atom stereocenters. The standard InChI is InChI=1S/C36H45O7P/c37-44(22-13-23-44)43-35-34(40-26-30-18-9-3-10-19-30)33(39-25-29-16-7-2-8-17-29)32(27-38-24-28-14-5-1-6-15-28)42-36(35)41-31-20-11-4-12-21-31/h1-3,5-10,14-19,31-36H,4,11-13,20-27H2/t32-,33-,34+,35-,36-/m1/s1. The van der Waals surface area contributed by atoms with E-state index in [0.29, 0.717) is 32.1 Å². The molecule has 0 aromatic heterocycles. The van der Waals surface area contributed by atoms with Crippen LogP contribution in [-0.4, -0.2) is 55.7 Å². The molecule has 2 saturated heterocycles. The van der Waals surface area contributed by atoms with E-state index in [4.69, 9.17) is 28.2 Å². The summed E-state index contributed by atoms with van der Waals surface area (Å²) in [5.41, 5.74) is 3.17. The van der Waals surface area contributed by atoms with Crippen molar-refractivity contribution in [1.29, 1.82) is 0 Å². The third kappa shape index (κ3) is 8.67. The van der Waals surface area contributed by atoms with Gasteiger partial charge in [0.2, 0.25) is 7.37 Å². The Morgan fingerprint density at radius 3 is 1.73 bits per heavy atom. The van der Waals surface area contributed by atoms with Crippen LogP contribution in [0, 0.1) is 0 Å². The number of hydrogen-bond donors (Lipinski definition) is 0. The van der Waals surface area contributed by atoms with Gasteiger partial charge in [0.25, 0.3) is 0 Å². The van der Waals surface area contributed by atoms with Crippen LogP contribution in [0.2, 0.25) is 0 Å². The first-order valence-corrected chi connectivity index (χ1v) is 18.1. The Labute approximate surface area is 261 Å². The van der Waals surface area contributed by atoms with Crippen molar-refractivity contribution >= 4 is 7.37 Å². The highest BCUT2D eigenvalue weighted by molar-refractivity contribution is 7.60. The van der Waals surface area contributed by atoms with Crippen molar-refractivity contribution in [3.05, 3.63) is 108 Å². The fraction of sp³-hybridized carbons (Fsp3) is 0.500. The first-order chi connectivity index (χ1) is 21.7. The van der Waals surface area contributed by atoms with Gasteiger partial charge in [-0.3, -0.25) is 4.57 Å². The molecule has 3 aromatic rings. The van der Waals surface area contributed by atoms with Crippen LogP contribution in [0.5, 0.6) is 0 Å². The maximum Gasteiger partial charge on any atom is 0.203 e. The molecule has 3 fully saturated rings. The number of benzene rings is 3. The molecule has 1 aliphatic carbocycles. The average Bonchev–Trinajstić information content (AvgIpc) is 3.05. The van der Waals surface area contributed by atoms with Crippen molar-refractivity contribution < 1.29 is 32.8 Å². The van der Waals surface area contributed by atoms with Crippen LogP contribution in [0.3, 0.4) is 0 Å². The maximum atomic E-state index is 13.6. The summed E-state index contributed by atoms with van der Waals surface area (Å²) in [7, 11) is -2.80. The molecule has 2 heterocycles. The summed E-state index contributed by atoms with van der Waals surface area (Å²) in [6.07, 6.45) is 4.47. The second-order valence-corrected chi connectivity index (χ2v) is 14.9. The molecule has 44 heavy (non-hydrogen) atoms. The lowest BCUT2D eigenvalue weighted by molar-refractivity contribution is -0.323. The summed E-state index contributed by atoms with van der Waals surface area (Å²) >= 11 is 0. The molecule has 236 valence electrons. The molecule has 3 aromatic carbocycles. The molecular weight excluding hydrogens is 575 g/mol. The summed E-state index contributed by atoms with van der Waals surface area (Å²) in [6.45, 7) is 1.46. The fourth-order valence-electron chi connectivity index (χ4n) is 6.16. The van der Waals surface area contributed by atoms with E-state index in [1.165, 1.54) is 6.42 Å². The predicted octanol–water partition coefficient (Wildman–Crippen LogP) is 7.52. The van der Waals surface area contributed by atoms with Crippen molar-refractivity contribution in [3.8, 4) is 0 Å². The van der Waals surface area contributed by atoms with Gasteiger partial charge in [0.15, 0.2) is 6.29 Å². The number of hydrogen-bond acceptors (Lipinski definition) is 7. The van der Waals surface area contributed by atoms with Crippen molar-refractivity contribution in [2.75, 3.05) is 18.9 Å². The van der Waals surface area contributed by atoms with Crippen LogP contribution < -0.4 is 0 Å². The van der Waals surface area contributed by atoms with Crippen LogP contribution in [0.25, 0.3) is 0 Å². The van der Waals surface area contributed by atoms with E-state index >= 15 is 0 Å². The molecule has 0 N–H and O–H groups in total. The molecule has 0 amide bonds. The van der Waals surface area contributed by atoms with E-state index < -0.39 is 38.1 Å². The van der Waals surface area contributed by atoms with E-state index in [1.54, 1.807) is 0 Å². The lowest BCUT2D eigenvalue weighted by Crippen LogP contribution is -2.62. The quantitative estimate of drug-likeness (QED) is 0.173. The van der Waals surface area contributed by atoms with Gasteiger partial charge in [-0.15, -0.1) is 0 Å². The fourth-order valence-corrected chi connectivity index (χ4v) is 7.87. The minimum Gasteiger partial charge on any atom is -0.374 e. The number of ether oxygens (including phenoxy) is 5. The van der Waals surface area contributed by atoms with Gasteiger partial charge in [-0.2, -0.15) is 0 Å². The second-order valence-electron chi connectivity index (χ2n) is 12.1. The van der Waals surface area contributed by atoms with Crippen molar-refractivity contribution in [2.45, 2.75) is 95.2 Å². The second kappa shape index (κ2) is 15.8. The van der Waals surface area contributed by atoms with E-state index in [2.05, 4.69) is 0 Å². The summed E-state index contributed by atoms with van der Waals surface area (Å²) < 4.78 is 53.2. The van der Waals surface area contributed by atoms with Crippen LogP contribution in [0.4, 0.5) is 0 Å². The molecule has 1 saturated carbocycles.